The summed E-state index contributed by atoms with van der Waals surface area (Å²) in [7, 11) is 0. The topological polar surface area (TPSA) is 86.9 Å². The van der Waals surface area contributed by atoms with Crippen LogP contribution in [-0.4, -0.2) is 21.8 Å². The second kappa shape index (κ2) is 9.66. The number of hydrogen-bond donors (Lipinski definition) is 3. The molecule has 1 heterocycles. The van der Waals surface area contributed by atoms with Crippen LogP contribution >= 0.6 is 11.6 Å². The third kappa shape index (κ3) is 5.53. The van der Waals surface area contributed by atoms with Gasteiger partial charge < -0.3 is 15.6 Å². The van der Waals surface area contributed by atoms with E-state index in [4.69, 9.17) is 11.6 Å². The molecule has 0 radical (unpaired) electrons. The first-order chi connectivity index (χ1) is 15.5. The molecular formula is C25H23ClN4O2. The monoisotopic (exact) mass is 446 g/mol. The number of carbonyl (C=O) groups is 2. The molecule has 32 heavy (non-hydrogen) atoms. The molecule has 3 aromatic carbocycles. The van der Waals surface area contributed by atoms with Crippen LogP contribution in [0.2, 0.25) is 5.02 Å². The Morgan fingerprint density at radius 2 is 1.66 bits per heavy atom. The average molecular weight is 447 g/mol. The van der Waals surface area contributed by atoms with Gasteiger partial charge in [0.1, 0.15) is 5.82 Å². The van der Waals surface area contributed by atoms with Crippen molar-refractivity contribution in [2.45, 2.75) is 26.3 Å². The minimum Gasteiger partial charge on any atom is -0.348 e. The molecule has 0 aliphatic carbocycles. The zero-order chi connectivity index (χ0) is 22.5. The lowest BCUT2D eigenvalue weighted by molar-refractivity contribution is -0.114. The van der Waals surface area contributed by atoms with Crippen LogP contribution in [0.25, 0.3) is 11.0 Å². The molecule has 0 bridgehead atoms. The standard InChI is InChI=1S/C25H23ClN4O2/c1-16(31)28-21-10-4-17(5-11-21)6-13-24-29-22-12-7-19(14-23(22)30-24)25(32)27-15-18-2-8-20(26)9-3-18/h2-5,7-12,14H,6,13,15H2,1H3,(H,27,32)(H,28,31)(H,29,30). The summed E-state index contributed by atoms with van der Waals surface area (Å²) >= 11 is 5.90. The maximum Gasteiger partial charge on any atom is 0.251 e. The van der Waals surface area contributed by atoms with Crippen LogP contribution < -0.4 is 10.6 Å². The number of aromatic nitrogens is 2. The lowest BCUT2D eigenvalue weighted by Crippen LogP contribution is -2.22. The van der Waals surface area contributed by atoms with Crippen LogP contribution in [0.5, 0.6) is 0 Å². The zero-order valence-electron chi connectivity index (χ0n) is 17.6. The van der Waals surface area contributed by atoms with Crippen molar-refractivity contribution < 1.29 is 9.59 Å². The van der Waals surface area contributed by atoms with Crippen molar-refractivity contribution in [3.05, 3.63) is 94.3 Å². The highest BCUT2D eigenvalue weighted by atomic mass is 35.5. The maximum absolute atomic E-state index is 12.5. The predicted molar refractivity (Wildman–Crippen MR) is 127 cm³/mol. The Balaban J connectivity index is 1.37. The third-order valence-corrected chi connectivity index (χ3v) is 5.34. The first kappa shape index (κ1) is 21.6. The molecule has 4 aromatic rings. The highest BCUT2D eigenvalue weighted by Crippen LogP contribution is 2.17. The number of rotatable bonds is 7. The molecule has 7 heteroatoms. The van der Waals surface area contributed by atoms with Gasteiger partial charge in [0.2, 0.25) is 5.91 Å². The quantitative estimate of drug-likeness (QED) is 0.377. The summed E-state index contributed by atoms with van der Waals surface area (Å²) in [5.41, 5.74) is 5.16. The molecular weight excluding hydrogens is 424 g/mol. The Hall–Kier alpha value is -3.64. The lowest BCUT2D eigenvalue weighted by atomic mass is 10.1. The minimum absolute atomic E-state index is 0.0851. The number of hydrogen-bond acceptors (Lipinski definition) is 3. The fourth-order valence-electron chi connectivity index (χ4n) is 3.43. The van der Waals surface area contributed by atoms with E-state index in [0.717, 1.165) is 46.5 Å². The molecule has 1 aromatic heterocycles. The van der Waals surface area contributed by atoms with Crippen molar-refractivity contribution in [3.8, 4) is 0 Å². The van der Waals surface area contributed by atoms with Gasteiger partial charge in [0, 0.05) is 36.2 Å². The van der Waals surface area contributed by atoms with Crippen molar-refractivity contribution in [1.82, 2.24) is 15.3 Å². The van der Waals surface area contributed by atoms with Crippen LogP contribution in [0.15, 0.2) is 66.7 Å². The van der Waals surface area contributed by atoms with Gasteiger partial charge in [0.05, 0.1) is 11.0 Å². The van der Waals surface area contributed by atoms with E-state index in [9.17, 15) is 9.59 Å². The van der Waals surface area contributed by atoms with Crippen molar-refractivity contribution in [2.24, 2.45) is 0 Å². The van der Waals surface area contributed by atoms with Crippen LogP contribution in [0.4, 0.5) is 5.69 Å². The van der Waals surface area contributed by atoms with E-state index in [0.29, 0.717) is 17.1 Å². The number of aryl methyl sites for hydroxylation is 2. The van der Waals surface area contributed by atoms with E-state index in [2.05, 4.69) is 20.6 Å². The number of anilines is 1. The second-order valence-corrected chi connectivity index (χ2v) is 8.04. The van der Waals surface area contributed by atoms with Gasteiger partial charge >= 0.3 is 0 Å². The SMILES string of the molecule is CC(=O)Nc1ccc(CCc2nc3ccc(C(=O)NCc4ccc(Cl)cc4)cc3[nH]2)cc1. The third-order valence-electron chi connectivity index (χ3n) is 5.08. The number of nitrogens with one attached hydrogen (secondary N) is 3. The molecule has 0 aliphatic rings. The summed E-state index contributed by atoms with van der Waals surface area (Å²) in [5.74, 6) is 0.639. The number of halogens is 1. The first-order valence-electron chi connectivity index (χ1n) is 10.3. The lowest BCUT2D eigenvalue weighted by Gasteiger charge is -2.05. The summed E-state index contributed by atoms with van der Waals surface area (Å²) < 4.78 is 0. The van der Waals surface area contributed by atoms with E-state index in [1.807, 2.05) is 48.5 Å². The van der Waals surface area contributed by atoms with Gasteiger partial charge in [-0.05, 0) is 60.0 Å². The normalized spacial score (nSPS) is 10.8. The van der Waals surface area contributed by atoms with Gasteiger partial charge in [0.25, 0.3) is 5.91 Å². The number of aromatic amines is 1. The van der Waals surface area contributed by atoms with Gasteiger partial charge in [-0.1, -0.05) is 35.9 Å². The molecule has 0 aliphatic heterocycles. The van der Waals surface area contributed by atoms with Crippen molar-refractivity contribution in [2.75, 3.05) is 5.32 Å². The summed E-state index contributed by atoms with van der Waals surface area (Å²) in [6.45, 7) is 1.92. The molecule has 0 unspecified atom stereocenters. The number of amides is 2. The van der Waals surface area contributed by atoms with E-state index < -0.39 is 0 Å². The average Bonchev–Trinajstić information content (AvgIpc) is 3.20. The van der Waals surface area contributed by atoms with Crippen molar-refractivity contribution in [1.29, 1.82) is 0 Å². The summed E-state index contributed by atoms with van der Waals surface area (Å²) in [6.07, 6.45) is 1.56. The molecule has 0 saturated carbocycles. The smallest absolute Gasteiger partial charge is 0.251 e. The first-order valence-corrected chi connectivity index (χ1v) is 10.7. The molecule has 0 fully saturated rings. The number of fused-ring (bicyclic) bond motifs is 1. The number of carbonyl (C=O) groups excluding carboxylic acids is 2. The van der Waals surface area contributed by atoms with Gasteiger partial charge in [-0.25, -0.2) is 4.98 Å². The zero-order valence-corrected chi connectivity index (χ0v) is 18.4. The van der Waals surface area contributed by atoms with Crippen LogP contribution in [0.1, 0.15) is 34.2 Å². The Morgan fingerprint density at radius 1 is 0.938 bits per heavy atom. The Morgan fingerprint density at radius 3 is 2.38 bits per heavy atom. The highest BCUT2D eigenvalue weighted by Gasteiger charge is 2.09. The number of H-pyrrole nitrogens is 1. The van der Waals surface area contributed by atoms with E-state index in [-0.39, 0.29) is 11.8 Å². The second-order valence-electron chi connectivity index (χ2n) is 7.60. The van der Waals surface area contributed by atoms with Crippen LogP contribution in [-0.2, 0) is 24.2 Å². The Labute approximate surface area is 191 Å². The summed E-state index contributed by atoms with van der Waals surface area (Å²) in [4.78, 5) is 31.6. The minimum atomic E-state index is -0.141. The Bertz CT molecular complexity index is 1250. The molecule has 162 valence electrons. The summed E-state index contributed by atoms with van der Waals surface area (Å²) in [5, 5.41) is 6.36. The van der Waals surface area contributed by atoms with Crippen molar-refractivity contribution in [3.63, 3.8) is 0 Å². The van der Waals surface area contributed by atoms with Crippen LogP contribution in [0, 0.1) is 0 Å². The Kier molecular flexibility index (Phi) is 6.52. The largest absolute Gasteiger partial charge is 0.348 e. The molecule has 2 amide bonds. The predicted octanol–water partition coefficient (Wildman–Crippen LogP) is 4.89. The highest BCUT2D eigenvalue weighted by molar-refractivity contribution is 6.30. The number of benzene rings is 3. The van der Waals surface area contributed by atoms with E-state index in [1.165, 1.54) is 6.92 Å². The number of imidazole rings is 1. The molecule has 6 nitrogen and oxygen atoms in total. The molecule has 4 rings (SSSR count). The van der Waals surface area contributed by atoms with Gasteiger partial charge in [-0.3, -0.25) is 9.59 Å². The summed E-state index contributed by atoms with van der Waals surface area (Å²) in [6, 6.07) is 20.6. The molecule has 0 saturated heterocycles. The van der Waals surface area contributed by atoms with Gasteiger partial charge in [0.15, 0.2) is 0 Å². The van der Waals surface area contributed by atoms with Gasteiger partial charge in [-0.2, -0.15) is 0 Å². The van der Waals surface area contributed by atoms with Crippen LogP contribution in [0.3, 0.4) is 0 Å². The molecule has 0 atom stereocenters. The van der Waals surface area contributed by atoms with E-state index in [1.54, 1.807) is 18.2 Å². The van der Waals surface area contributed by atoms with E-state index >= 15 is 0 Å². The number of nitrogens with zero attached hydrogens (tertiary/aromatic N) is 1. The maximum atomic E-state index is 12.5. The van der Waals surface area contributed by atoms with Gasteiger partial charge in [-0.15, -0.1) is 0 Å². The fraction of sp³-hybridized carbons (Fsp3) is 0.160. The fourth-order valence-corrected chi connectivity index (χ4v) is 3.56. The molecule has 3 N–H and O–H groups in total. The molecule has 0 spiro atoms. The van der Waals surface area contributed by atoms with Crippen molar-refractivity contribution >= 4 is 40.1 Å².